The van der Waals surface area contributed by atoms with Gasteiger partial charge in [0.15, 0.2) is 5.65 Å². The molecule has 0 amide bonds. The molecule has 0 bridgehead atoms. The summed E-state index contributed by atoms with van der Waals surface area (Å²) >= 11 is 6.35. The van der Waals surface area contributed by atoms with Crippen molar-refractivity contribution in [2.75, 3.05) is 6.67 Å². The number of alkyl halides is 1. The zero-order chi connectivity index (χ0) is 21.5. The lowest BCUT2D eigenvalue weighted by molar-refractivity contribution is 0.427. The molecule has 0 unspecified atom stereocenters. The van der Waals surface area contributed by atoms with E-state index in [4.69, 9.17) is 11.6 Å². The second-order valence-electron chi connectivity index (χ2n) is 6.63. The van der Waals surface area contributed by atoms with Gasteiger partial charge >= 0.3 is 0 Å². The molecule has 0 aliphatic rings. The van der Waals surface area contributed by atoms with Crippen LogP contribution in [0, 0.1) is 18.3 Å². The van der Waals surface area contributed by atoms with Crippen molar-refractivity contribution in [2.45, 2.75) is 18.4 Å². The molecule has 0 radical (unpaired) electrons. The quantitative estimate of drug-likeness (QED) is 0.465. The van der Waals surface area contributed by atoms with Crippen LogP contribution in [0.5, 0.6) is 0 Å². The number of halogens is 2. The number of benzene rings is 1. The Morgan fingerprint density at radius 1 is 1.23 bits per heavy atom. The summed E-state index contributed by atoms with van der Waals surface area (Å²) in [6, 6.07) is 9.92. The minimum atomic E-state index is -4.06. The summed E-state index contributed by atoms with van der Waals surface area (Å²) in [6.45, 7) is 1.30. The number of nitrogens with zero attached hydrogens (tertiary/aromatic N) is 5. The van der Waals surface area contributed by atoms with Gasteiger partial charge in [0.1, 0.15) is 12.7 Å². The van der Waals surface area contributed by atoms with Crippen LogP contribution in [-0.2, 0) is 16.6 Å². The van der Waals surface area contributed by atoms with Gasteiger partial charge in [-0.1, -0.05) is 29.3 Å². The zero-order valence-corrected chi connectivity index (χ0v) is 17.3. The first-order valence-corrected chi connectivity index (χ1v) is 10.7. The van der Waals surface area contributed by atoms with Crippen LogP contribution in [0.2, 0.25) is 5.02 Å². The standard InChI is InChI=1S/C20H15ClFN5O2S/c1-13-2-4-16(5-3-13)30(28,29)27-18(15-11-25-26(12-15)7-6-22)8-17-19(21)14(9-23)10-24-20(17)27/h2-5,8,10-12H,6-7H2,1H3. The second-order valence-corrected chi connectivity index (χ2v) is 8.79. The molecule has 3 aromatic heterocycles. The molecule has 10 heteroatoms. The maximum Gasteiger partial charge on any atom is 0.269 e. The Balaban J connectivity index is 2.04. The molecule has 0 saturated carbocycles. The summed E-state index contributed by atoms with van der Waals surface area (Å²) in [6.07, 6.45) is 4.24. The van der Waals surface area contributed by atoms with Crippen LogP contribution >= 0.6 is 11.6 Å². The third kappa shape index (κ3) is 3.24. The van der Waals surface area contributed by atoms with Gasteiger partial charge in [0, 0.05) is 23.3 Å². The molecular weight excluding hydrogens is 429 g/mol. The summed E-state index contributed by atoms with van der Waals surface area (Å²) in [7, 11) is -4.06. The molecule has 4 rings (SSSR count). The maximum atomic E-state index is 13.5. The third-order valence-electron chi connectivity index (χ3n) is 4.64. The second kappa shape index (κ2) is 7.55. The number of hydrogen-bond donors (Lipinski definition) is 0. The molecule has 0 spiro atoms. The van der Waals surface area contributed by atoms with Crippen molar-refractivity contribution in [1.29, 1.82) is 5.26 Å². The molecule has 0 aliphatic heterocycles. The molecule has 7 nitrogen and oxygen atoms in total. The van der Waals surface area contributed by atoms with E-state index in [2.05, 4.69) is 10.1 Å². The largest absolute Gasteiger partial charge is 0.269 e. The molecule has 0 N–H and O–H groups in total. The van der Waals surface area contributed by atoms with Crippen LogP contribution in [0.25, 0.3) is 22.3 Å². The van der Waals surface area contributed by atoms with Crippen molar-refractivity contribution in [3.63, 3.8) is 0 Å². The summed E-state index contributed by atoms with van der Waals surface area (Å²) in [5, 5.41) is 13.8. The van der Waals surface area contributed by atoms with Crippen LogP contribution < -0.4 is 0 Å². The summed E-state index contributed by atoms with van der Waals surface area (Å²) in [4.78, 5) is 4.28. The summed E-state index contributed by atoms with van der Waals surface area (Å²) in [5.74, 6) is 0. The molecule has 4 aromatic rings. The number of rotatable bonds is 5. The minimum Gasteiger partial charge on any atom is -0.269 e. The predicted molar refractivity (Wildman–Crippen MR) is 110 cm³/mol. The molecule has 0 fully saturated rings. The van der Waals surface area contributed by atoms with Gasteiger partial charge in [-0.25, -0.2) is 21.8 Å². The molecule has 0 aliphatic carbocycles. The first-order chi connectivity index (χ1) is 14.4. The summed E-state index contributed by atoms with van der Waals surface area (Å²) in [5.41, 5.74) is 1.85. The van der Waals surface area contributed by atoms with E-state index in [9.17, 15) is 18.1 Å². The minimum absolute atomic E-state index is 0.0442. The van der Waals surface area contributed by atoms with E-state index in [1.54, 1.807) is 24.4 Å². The molecule has 152 valence electrons. The van der Waals surface area contributed by atoms with Gasteiger partial charge in [-0.15, -0.1) is 0 Å². The SMILES string of the molecule is Cc1ccc(S(=O)(=O)n2c(-c3cnn(CCF)c3)cc3c(Cl)c(C#N)cnc32)cc1. The van der Waals surface area contributed by atoms with Crippen LogP contribution in [0.15, 0.2) is 53.8 Å². The van der Waals surface area contributed by atoms with Gasteiger partial charge in [0.25, 0.3) is 10.0 Å². The Hall–Kier alpha value is -3.22. The molecule has 0 atom stereocenters. The van der Waals surface area contributed by atoms with E-state index in [0.29, 0.717) is 10.9 Å². The molecule has 1 aromatic carbocycles. The predicted octanol–water partition coefficient (Wildman–Crippen LogP) is 3.94. The maximum absolute atomic E-state index is 13.5. The number of nitriles is 1. The highest BCUT2D eigenvalue weighted by Crippen LogP contribution is 2.35. The lowest BCUT2D eigenvalue weighted by Gasteiger charge is -2.11. The van der Waals surface area contributed by atoms with Gasteiger partial charge < -0.3 is 0 Å². The number of aromatic nitrogens is 4. The van der Waals surface area contributed by atoms with Crippen LogP contribution in [0.4, 0.5) is 4.39 Å². The van der Waals surface area contributed by atoms with E-state index in [1.807, 2.05) is 13.0 Å². The van der Waals surface area contributed by atoms with Gasteiger partial charge in [0.2, 0.25) is 0 Å². The van der Waals surface area contributed by atoms with E-state index in [0.717, 1.165) is 9.54 Å². The Kier molecular flexibility index (Phi) is 5.05. The van der Waals surface area contributed by atoms with E-state index in [-0.39, 0.29) is 33.4 Å². The van der Waals surface area contributed by atoms with Gasteiger partial charge in [0.05, 0.1) is 33.9 Å². The van der Waals surface area contributed by atoms with Crippen molar-refractivity contribution in [3.05, 3.63) is 65.1 Å². The van der Waals surface area contributed by atoms with Gasteiger partial charge in [-0.3, -0.25) is 4.68 Å². The number of hydrogen-bond acceptors (Lipinski definition) is 5. The monoisotopic (exact) mass is 443 g/mol. The highest BCUT2D eigenvalue weighted by Gasteiger charge is 2.27. The Morgan fingerprint density at radius 2 is 1.97 bits per heavy atom. The average molecular weight is 444 g/mol. The topological polar surface area (TPSA) is 93.6 Å². The fourth-order valence-electron chi connectivity index (χ4n) is 3.14. The molecule has 30 heavy (non-hydrogen) atoms. The third-order valence-corrected chi connectivity index (χ3v) is 6.77. The summed E-state index contributed by atoms with van der Waals surface area (Å²) < 4.78 is 42.2. The van der Waals surface area contributed by atoms with E-state index < -0.39 is 16.7 Å². The van der Waals surface area contributed by atoms with Gasteiger partial charge in [-0.2, -0.15) is 10.4 Å². The van der Waals surface area contributed by atoms with Crippen molar-refractivity contribution >= 4 is 32.7 Å². The normalized spacial score (nSPS) is 11.7. The number of pyridine rings is 1. The highest BCUT2D eigenvalue weighted by atomic mass is 35.5. The van der Waals surface area contributed by atoms with Crippen LogP contribution in [-0.4, -0.2) is 33.8 Å². The lowest BCUT2D eigenvalue weighted by atomic mass is 10.2. The number of aryl methyl sites for hydroxylation is 2. The zero-order valence-electron chi connectivity index (χ0n) is 15.7. The number of fused-ring (bicyclic) bond motifs is 1. The van der Waals surface area contributed by atoms with Crippen molar-refractivity contribution in [3.8, 4) is 17.3 Å². The molecule has 3 heterocycles. The Bertz CT molecular complexity index is 1400. The van der Waals surface area contributed by atoms with Crippen LogP contribution in [0.1, 0.15) is 11.1 Å². The lowest BCUT2D eigenvalue weighted by Crippen LogP contribution is -2.14. The fourth-order valence-corrected chi connectivity index (χ4v) is 4.85. The smallest absolute Gasteiger partial charge is 0.269 e. The molecular formula is C20H15ClFN5O2S. The van der Waals surface area contributed by atoms with Crippen molar-refractivity contribution in [1.82, 2.24) is 18.7 Å². The van der Waals surface area contributed by atoms with Crippen molar-refractivity contribution in [2.24, 2.45) is 0 Å². The average Bonchev–Trinajstić information content (AvgIpc) is 3.34. The highest BCUT2D eigenvalue weighted by molar-refractivity contribution is 7.90. The van der Waals surface area contributed by atoms with Crippen LogP contribution in [0.3, 0.4) is 0 Å². The molecule has 0 saturated heterocycles. The van der Waals surface area contributed by atoms with Gasteiger partial charge in [-0.05, 0) is 25.1 Å². The van der Waals surface area contributed by atoms with Crippen molar-refractivity contribution < 1.29 is 12.8 Å². The Morgan fingerprint density at radius 3 is 2.63 bits per heavy atom. The van der Waals surface area contributed by atoms with E-state index in [1.165, 1.54) is 29.2 Å². The first kappa shape index (κ1) is 20.1. The van der Waals surface area contributed by atoms with E-state index >= 15 is 0 Å². The fraction of sp³-hybridized carbons (Fsp3) is 0.150. The first-order valence-electron chi connectivity index (χ1n) is 8.88. The Labute approximate surface area is 177 Å².